The van der Waals surface area contributed by atoms with Crippen molar-refractivity contribution in [2.75, 3.05) is 17.2 Å². The molecule has 1 amide bonds. The first-order valence-corrected chi connectivity index (χ1v) is 6.97. The summed E-state index contributed by atoms with van der Waals surface area (Å²) in [5.74, 6) is 0.803. The Bertz CT molecular complexity index is 671. The Morgan fingerprint density at radius 2 is 1.91 bits per heavy atom. The molecule has 22 heavy (non-hydrogen) atoms. The number of benzene rings is 1. The highest BCUT2D eigenvalue weighted by Crippen LogP contribution is 2.11. The molecule has 2 aromatic rings. The summed E-state index contributed by atoms with van der Waals surface area (Å²) in [5, 5.41) is 22.5. The van der Waals surface area contributed by atoms with Crippen molar-refractivity contribution in [1.29, 1.82) is 5.26 Å². The molecule has 0 radical (unpaired) electrons. The number of hydrogen-bond donors (Lipinski definition) is 2. The quantitative estimate of drug-likeness (QED) is 0.885. The largest absolute Gasteiger partial charge is 0.368 e. The molecular formula is C16H17N5O. The second-order valence-corrected chi connectivity index (χ2v) is 5.22. The molecule has 0 saturated carbocycles. The van der Waals surface area contributed by atoms with E-state index < -0.39 is 0 Å². The predicted octanol–water partition coefficient (Wildman–Crippen LogP) is 2.67. The highest BCUT2D eigenvalue weighted by atomic mass is 16.1. The van der Waals surface area contributed by atoms with Crippen LogP contribution in [0, 0.1) is 17.2 Å². The van der Waals surface area contributed by atoms with Gasteiger partial charge in [-0.15, -0.1) is 10.2 Å². The summed E-state index contributed by atoms with van der Waals surface area (Å²) in [6.45, 7) is 4.99. The predicted molar refractivity (Wildman–Crippen MR) is 84.5 cm³/mol. The van der Waals surface area contributed by atoms with Gasteiger partial charge in [0.1, 0.15) is 5.82 Å². The molecular weight excluding hydrogens is 278 g/mol. The number of carbonyl (C=O) groups is 1. The summed E-state index contributed by atoms with van der Waals surface area (Å²) in [7, 11) is 0. The third-order valence-electron chi connectivity index (χ3n) is 2.86. The molecule has 0 spiro atoms. The smallest absolute Gasteiger partial charge is 0.276 e. The molecule has 1 aromatic heterocycles. The molecule has 112 valence electrons. The molecule has 1 aromatic carbocycles. The average molecular weight is 295 g/mol. The summed E-state index contributed by atoms with van der Waals surface area (Å²) >= 11 is 0. The van der Waals surface area contributed by atoms with Crippen LogP contribution in [0.5, 0.6) is 0 Å². The number of nitriles is 1. The molecule has 2 rings (SSSR count). The van der Waals surface area contributed by atoms with Gasteiger partial charge in [0.25, 0.3) is 5.91 Å². The number of amides is 1. The molecule has 0 unspecified atom stereocenters. The highest BCUT2D eigenvalue weighted by molar-refractivity contribution is 6.02. The van der Waals surface area contributed by atoms with Crippen LogP contribution in [-0.4, -0.2) is 22.6 Å². The zero-order valence-corrected chi connectivity index (χ0v) is 12.5. The minimum Gasteiger partial charge on any atom is -0.368 e. The topological polar surface area (TPSA) is 90.7 Å². The molecule has 6 nitrogen and oxygen atoms in total. The van der Waals surface area contributed by atoms with Crippen molar-refractivity contribution in [2.45, 2.75) is 13.8 Å². The summed E-state index contributed by atoms with van der Waals surface area (Å²) in [6.07, 6.45) is 0. The lowest BCUT2D eigenvalue weighted by molar-refractivity contribution is 0.102. The van der Waals surface area contributed by atoms with Gasteiger partial charge in [0.2, 0.25) is 0 Å². The lowest BCUT2D eigenvalue weighted by Gasteiger charge is -2.08. The van der Waals surface area contributed by atoms with Crippen molar-refractivity contribution < 1.29 is 4.79 Å². The van der Waals surface area contributed by atoms with Crippen LogP contribution >= 0.6 is 0 Å². The van der Waals surface area contributed by atoms with Crippen molar-refractivity contribution in [3.05, 3.63) is 47.7 Å². The van der Waals surface area contributed by atoms with E-state index in [-0.39, 0.29) is 11.6 Å². The molecule has 0 aliphatic heterocycles. The number of anilines is 2. The molecule has 1 heterocycles. The Morgan fingerprint density at radius 3 is 2.45 bits per heavy atom. The summed E-state index contributed by atoms with van der Waals surface area (Å²) in [4.78, 5) is 12.0. The van der Waals surface area contributed by atoms with Crippen LogP contribution in [0.25, 0.3) is 0 Å². The van der Waals surface area contributed by atoms with Crippen LogP contribution in [0.2, 0.25) is 0 Å². The highest BCUT2D eigenvalue weighted by Gasteiger charge is 2.09. The second kappa shape index (κ2) is 7.18. The van der Waals surface area contributed by atoms with Crippen LogP contribution in [0.3, 0.4) is 0 Å². The van der Waals surface area contributed by atoms with Gasteiger partial charge >= 0.3 is 0 Å². The van der Waals surface area contributed by atoms with E-state index in [9.17, 15) is 4.79 Å². The van der Waals surface area contributed by atoms with Gasteiger partial charge in [-0.3, -0.25) is 4.79 Å². The van der Waals surface area contributed by atoms with Crippen molar-refractivity contribution >= 4 is 17.4 Å². The second-order valence-electron chi connectivity index (χ2n) is 5.22. The maximum absolute atomic E-state index is 12.0. The maximum atomic E-state index is 12.0. The van der Waals surface area contributed by atoms with Gasteiger partial charge in [0.15, 0.2) is 5.69 Å². The van der Waals surface area contributed by atoms with Gasteiger partial charge in [0.05, 0.1) is 11.6 Å². The Hall–Kier alpha value is -2.94. The number of aromatic nitrogens is 2. The van der Waals surface area contributed by atoms with Gasteiger partial charge in [0, 0.05) is 12.2 Å². The van der Waals surface area contributed by atoms with Gasteiger partial charge < -0.3 is 10.6 Å². The number of nitrogens with one attached hydrogen (secondary N) is 2. The number of rotatable bonds is 5. The Morgan fingerprint density at radius 1 is 1.18 bits per heavy atom. The Kier molecular flexibility index (Phi) is 5.04. The zero-order chi connectivity index (χ0) is 15.9. The molecule has 0 aliphatic rings. The number of carbonyl (C=O) groups excluding carboxylic acids is 1. The number of nitrogens with zero attached hydrogens (tertiary/aromatic N) is 3. The first-order chi connectivity index (χ1) is 10.6. The first kappa shape index (κ1) is 15.4. The van der Waals surface area contributed by atoms with Crippen LogP contribution < -0.4 is 10.6 Å². The molecule has 0 aliphatic carbocycles. The molecule has 0 atom stereocenters. The molecule has 2 N–H and O–H groups in total. The molecule has 0 fully saturated rings. The summed E-state index contributed by atoms with van der Waals surface area (Å²) < 4.78 is 0. The van der Waals surface area contributed by atoms with E-state index in [4.69, 9.17) is 5.26 Å². The van der Waals surface area contributed by atoms with Crippen molar-refractivity contribution in [1.82, 2.24) is 10.2 Å². The van der Waals surface area contributed by atoms with Crippen LogP contribution in [-0.2, 0) is 0 Å². The van der Waals surface area contributed by atoms with Gasteiger partial charge in [-0.2, -0.15) is 5.26 Å². The Labute approximate surface area is 129 Å². The van der Waals surface area contributed by atoms with E-state index in [1.165, 1.54) is 0 Å². The lowest BCUT2D eigenvalue weighted by atomic mass is 10.2. The van der Waals surface area contributed by atoms with E-state index in [0.717, 1.165) is 6.54 Å². The minimum atomic E-state index is -0.340. The van der Waals surface area contributed by atoms with Crippen LogP contribution in [0.4, 0.5) is 11.5 Å². The SMILES string of the molecule is CC(C)CNc1ccc(C(=O)Nc2ccc(C#N)cc2)nn1. The van der Waals surface area contributed by atoms with E-state index in [1.807, 2.05) is 6.07 Å². The fourth-order valence-electron chi connectivity index (χ4n) is 1.68. The minimum absolute atomic E-state index is 0.236. The van der Waals surface area contributed by atoms with E-state index >= 15 is 0 Å². The lowest BCUT2D eigenvalue weighted by Crippen LogP contribution is -2.15. The summed E-state index contributed by atoms with van der Waals surface area (Å²) in [5.41, 5.74) is 1.38. The normalized spacial score (nSPS) is 10.1. The van der Waals surface area contributed by atoms with Crippen molar-refractivity contribution in [3.63, 3.8) is 0 Å². The standard InChI is InChI=1S/C16H17N5O/c1-11(2)10-18-15-8-7-14(20-21-15)16(22)19-13-5-3-12(9-17)4-6-13/h3-8,11H,10H2,1-2H3,(H,18,21)(H,19,22). The Balaban J connectivity index is 1.98. The fourth-order valence-corrected chi connectivity index (χ4v) is 1.68. The van der Waals surface area contributed by atoms with E-state index in [2.05, 4.69) is 34.7 Å². The maximum Gasteiger partial charge on any atom is 0.276 e. The average Bonchev–Trinajstić information content (AvgIpc) is 2.54. The third-order valence-corrected chi connectivity index (χ3v) is 2.86. The fraction of sp³-hybridized carbons (Fsp3) is 0.250. The number of hydrogen-bond acceptors (Lipinski definition) is 5. The van der Waals surface area contributed by atoms with Crippen LogP contribution in [0.15, 0.2) is 36.4 Å². The third kappa shape index (κ3) is 4.28. The van der Waals surface area contributed by atoms with Crippen LogP contribution in [0.1, 0.15) is 29.9 Å². The van der Waals surface area contributed by atoms with Gasteiger partial charge in [-0.05, 0) is 42.3 Å². The zero-order valence-electron chi connectivity index (χ0n) is 12.5. The van der Waals surface area contributed by atoms with Crippen molar-refractivity contribution in [2.24, 2.45) is 5.92 Å². The van der Waals surface area contributed by atoms with E-state index in [1.54, 1.807) is 36.4 Å². The molecule has 0 bridgehead atoms. The van der Waals surface area contributed by atoms with Crippen molar-refractivity contribution in [3.8, 4) is 6.07 Å². The van der Waals surface area contributed by atoms with Gasteiger partial charge in [-0.25, -0.2) is 0 Å². The molecule has 0 saturated heterocycles. The first-order valence-electron chi connectivity index (χ1n) is 6.97. The van der Waals surface area contributed by atoms with Gasteiger partial charge in [-0.1, -0.05) is 13.8 Å². The van der Waals surface area contributed by atoms with E-state index in [0.29, 0.717) is 23.0 Å². The summed E-state index contributed by atoms with van der Waals surface area (Å²) in [6, 6.07) is 12.0. The monoisotopic (exact) mass is 295 g/mol. The molecule has 6 heteroatoms.